The molecule has 108 valence electrons. The van der Waals surface area contributed by atoms with Gasteiger partial charge in [-0.1, -0.05) is 35.9 Å². The molecule has 0 saturated heterocycles. The van der Waals surface area contributed by atoms with Crippen LogP contribution in [0.1, 0.15) is 17.2 Å². The zero-order valence-corrected chi connectivity index (χ0v) is 14.0. The van der Waals surface area contributed by atoms with E-state index in [-0.39, 0.29) is 5.91 Å². The number of nitrogens with one attached hydrogen (secondary N) is 1. The first-order valence-corrected chi connectivity index (χ1v) is 8.06. The van der Waals surface area contributed by atoms with Gasteiger partial charge in [0.1, 0.15) is 0 Å². The number of halogens is 2. The highest BCUT2D eigenvalue weighted by molar-refractivity contribution is 14.1. The van der Waals surface area contributed by atoms with Gasteiger partial charge in [-0.2, -0.15) is 0 Å². The zero-order valence-electron chi connectivity index (χ0n) is 11.1. The number of rotatable bonds is 2. The first-order valence-electron chi connectivity index (χ1n) is 6.60. The average molecular weight is 414 g/mol. The molecule has 0 bridgehead atoms. The van der Waals surface area contributed by atoms with Crippen LogP contribution in [-0.4, -0.2) is 12.5 Å². The molecule has 3 nitrogen and oxygen atoms in total. The quantitative estimate of drug-likeness (QED) is 0.750. The molecule has 0 saturated carbocycles. The van der Waals surface area contributed by atoms with E-state index in [0.717, 1.165) is 21.2 Å². The SMILES string of the molecule is O=C(Nc1ccc(Cl)cc1I)C1OCCc2ccccc21. The molecule has 0 fully saturated rings. The zero-order chi connectivity index (χ0) is 14.8. The number of amides is 1. The average Bonchev–Trinajstić information content (AvgIpc) is 2.49. The van der Waals surface area contributed by atoms with Crippen molar-refractivity contribution in [3.8, 4) is 0 Å². The first kappa shape index (κ1) is 14.8. The molecule has 0 aliphatic carbocycles. The highest BCUT2D eigenvalue weighted by atomic mass is 127. The largest absolute Gasteiger partial charge is 0.363 e. The summed E-state index contributed by atoms with van der Waals surface area (Å²) in [5.41, 5.74) is 2.87. The molecule has 1 atom stereocenters. The first-order chi connectivity index (χ1) is 10.1. The Kier molecular flexibility index (Phi) is 4.47. The van der Waals surface area contributed by atoms with Crippen molar-refractivity contribution >= 4 is 45.8 Å². The summed E-state index contributed by atoms with van der Waals surface area (Å²) in [7, 11) is 0. The van der Waals surface area contributed by atoms with Gasteiger partial charge in [-0.3, -0.25) is 4.79 Å². The van der Waals surface area contributed by atoms with Gasteiger partial charge in [-0.05, 0) is 58.3 Å². The molecular weight excluding hydrogens is 401 g/mol. The lowest BCUT2D eigenvalue weighted by molar-refractivity contribution is -0.128. The fourth-order valence-electron chi connectivity index (χ4n) is 2.40. The van der Waals surface area contributed by atoms with Gasteiger partial charge in [-0.15, -0.1) is 0 Å². The van der Waals surface area contributed by atoms with Crippen LogP contribution in [0.15, 0.2) is 42.5 Å². The van der Waals surface area contributed by atoms with Gasteiger partial charge < -0.3 is 10.1 Å². The Bertz CT molecular complexity index is 690. The van der Waals surface area contributed by atoms with Gasteiger partial charge in [0.05, 0.1) is 12.3 Å². The fraction of sp³-hybridized carbons (Fsp3) is 0.188. The summed E-state index contributed by atoms with van der Waals surface area (Å²) in [5, 5.41) is 3.57. The molecule has 3 rings (SSSR count). The minimum atomic E-state index is -0.554. The lowest BCUT2D eigenvalue weighted by atomic mass is 9.97. The lowest BCUT2D eigenvalue weighted by Crippen LogP contribution is -2.28. The van der Waals surface area contributed by atoms with Crippen molar-refractivity contribution in [1.29, 1.82) is 0 Å². The second-order valence-electron chi connectivity index (χ2n) is 4.81. The minimum Gasteiger partial charge on any atom is -0.363 e. The molecular formula is C16H13ClINO2. The molecule has 1 heterocycles. The summed E-state index contributed by atoms with van der Waals surface area (Å²) < 4.78 is 6.56. The van der Waals surface area contributed by atoms with Crippen molar-refractivity contribution in [3.05, 3.63) is 62.2 Å². The van der Waals surface area contributed by atoms with Crippen LogP contribution in [0.25, 0.3) is 0 Å². The summed E-state index contributed by atoms with van der Waals surface area (Å²) in [6.45, 7) is 0.562. The van der Waals surface area contributed by atoms with Crippen LogP contribution in [0.2, 0.25) is 5.02 Å². The van der Waals surface area contributed by atoms with Gasteiger partial charge in [0.2, 0.25) is 0 Å². The number of carbonyl (C=O) groups excluding carboxylic acids is 1. The van der Waals surface area contributed by atoms with Crippen LogP contribution >= 0.6 is 34.2 Å². The summed E-state index contributed by atoms with van der Waals surface area (Å²) in [6, 6.07) is 13.3. The van der Waals surface area contributed by atoms with E-state index < -0.39 is 6.10 Å². The van der Waals surface area contributed by atoms with E-state index in [9.17, 15) is 4.79 Å². The van der Waals surface area contributed by atoms with Crippen LogP contribution in [-0.2, 0) is 16.0 Å². The maximum absolute atomic E-state index is 12.5. The molecule has 0 aromatic heterocycles. The number of ether oxygens (including phenoxy) is 1. The van der Waals surface area contributed by atoms with Gasteiger partial charge >= 0.3 is 0 Å². The second kappa shape index (κ2) is 6.34. The van der Waals surface area contributed by atoms with E-state index in [1.807, 2.05) is 30.3 Å². The van der Waals surface area contributed by atoms with E-state index in [1.165, 1.54) is 5.56 Å². The van der Waals surface area contributed by atoms with Crippen molar-refractivity contribution < 1.29 is 9.53 Å². The standard InChI is InChI=1S/C16H13ClINO2/c17-11-5-6-14(13(18)9-11)19-16(20)15-12-4-2-1-3-10(12)7-8-21-15/h1-6,9,15H,7-8H2,(H,19,20). The van der Waals surface area contributed by atoms with Crippen LogP contribution in [0.4, 0.5) is 5.69 Å². The van der Waals surface area contributed by atoms with Crippen molar-refractivity contribution in [2.75, 3.05) is 11.9 Å². The molecule has 5 heteroatoms. The van der Waals surface area contributed by atoms with Crippen LogP contribution in [0.5, 0.6) is 0 Å². The third-order valence-electron chi connectivity index (χ3n) is 3.42. The molecule has 1 unspecified atom stereocenters. The molecule has 2 aromatic rings. The summed E-state index contributed by atoms with van der Waals surface area (Å²) >= 11 is 8.08. The topological polar surface area (TPSA) is 38.3 Å². The van der Waals surface area contributed by atoms with E-state index in [4.69, 9.17) is 16.3 Å². The van der Waals surface area contributed by atoms with Crippen molar-refractivity contribution in [1.82, 2.24) is 0 Å². The Morgan fingerprint density at radius 1 is 1.29 bits per heavy atom. The summed E-state index contributed by atoms with van der Waals surface area (Å²) in [4.78, 5) is 12.5. The Morgan fingerprint density at radius 3 is 2.90 bits per heavy atom. The normalized spacial score (nSPS) is 17.1. The Hall–Kier alpha value is -1.11. The third-order valence-corrected chi connectivity index (χ3v) is 4.55. The Labute approximate surface area is 141 Å². The second-order valence-corrected chi connectivity index (χ2v) is 6.41. The highest BCUT2D eigenvalue weighted by Gasteiger charge is 2.27. The molecule has 0 spiro atoms. The maximum Gasteiger partial charge on any atom is 0.258 e. The lowest BCUT2D eigenvalue weighted by Gasteiger charge is -2.25. The Balaban J connectivity index is 1.83. The highest BCUT2D eigenvalue weighted by Crippen LogP contribution is 2.29. The molecule has 2 aromatic carbocycles. The van der Waals surface area contributed by atoms with Crippen molar-refractivity contribution in [2.24, 2.45) is 0 Å². The van der Waals surface area contributed by atoms with Gasteiger partial charge in [0.25, 0.3) is 5.91 Å². The Morgan fingerprint density at radius 2 is 2.10 bits per heavy atom. The minimum absolute atomic E-state index is 0.151. The van der Waals surface area contributed by atoms with Gasteiger partial charge in [0.15, 0.2) is 6.10 Å². The van der Waals surface area contributed by atoms with E-state index in [1.54, 1.807) is 12.1 Å². The third kappa shape index (κ3) is 3.22. The van der Waals surface area contributed by atoms with Crippen LogP contribution in [0.3, 0.4) is 0 Å². The smallest absolute Gasteiger partial charge is 0.258 e. The molecule has 1 amide bonds. The van der Waals surface area contributed by atoms with Gasteiger partial charge in [0, 0.05) is 8.59 Å². The number of hydrogen-bond donors (Lipinski definition) is 1. The molecule has 1 aliphatic heterocycles. The number of anilines is 1. The fourth-order valence-corrected chi connectivity index (χ4v) is 3.41. The molecule has 21 heavy (non-hydrogen) atoms. The monoisotopic (exact) mass is 413 g/mol. The van der Waals surface area contributed by atoms with E-state index in [2.05, 4.69) is 27.9 Å². The molecule has 0 radical (unpaired) electrons. The number of benzene rings is 2. The van der Waals surface area contributed by atoms with Crippen LogP contribution in [0, 0.1) is 3.57 Å². The number of carbonyl (C=O) groups is 1. The number of hydrogen-bond acceptors (Lipinski definition) is 2. The summed E-state index contributed by atoms with van der Waals surface area (Å²) in [5.74, 6) is -0.151. The molecule has 1 N–H and O–H groups in total. The van der Waals surface area contributed by atoms with Crippen molar-refractivity contribution in [3.63, 3.8) is 0 Å². The number of fused-ring (bicyclic) bond motifs is 1. The predicted octanol–water partition coefficient (Wildman–Crippen LogP) is 4.20. The maximum atomic E-state index is 12.5. The predicted molar refractivity (Wildman–Crippen MR) is 91.6 cm³/mol. The van der Waals surface area contributed by atoms with E-state index in [0.29, 0.717) is 11.6 Å². The summed E-state index contributed by atoms with van der Waals surface area (Å²) in [6.07, 6.45) is 0.291. The van der Waals surface area contributed by atoms with Crippen molar-refractivity contribution in [2.45, 2.75) is 12.5 Å². The van der Waals surface area contributed by atoms with Gasteiger partial charge in [-0.25, -0.2) is 0 Å². The van der Waals surface area contributed by atoms with Crippen LogP contribution < -0.4 is 5.32 Å². The van der Waals surface area contributed by atoms with E-state index >= 15 is 0 Å². The molecule has 1 aliphatic rings.